The molecule has 4 rings (SSSR count). The van der Waals surface area contributed by atoms with Crippen LogP contribution in [0, 0.1) is 6.92 Å². The highest BCUT2D eigenvalue weighted by molar-refractivity contribution is 7.92. The van der Waals surface area contributed by atoms with Gasteiger partial charge in [-0.25, -0.2) is 27.0 Å². The Kier molecular flexibility index (Phi) is 7.72. The molecule has 0 spiro atoms. The SMILES string of the molecule is Cc1cc(Cl)ccc1Cc1nnn2c1C(=C(F)CNC(=O)NS(=O)(=O)c1cc(Cl)c(Cl)s1)CCC2. The van der Waals surface area contributed by atoms with Gasteiger partial charge in [-0.3, -0.25) is 0 Å². The molecule has 1 aliphatic rings. The number of hydrogen-bond donors (Lipinski definition) is 2. The molecule has 0 bridgehead atoms. The van der Waals surface area contributed by atoms with E-state index in [-0.39, 0.29) is 13.6 Å². The van der Waals surface area contributed by atoms with Crippen LogP contribution in [-0.4, -0.2) is 36.0 Å². The molecule has 0 aliphatic carbocycles. The molecule has 0 unspecified atom stereocenters. The van der Waals surface area contributed by atoms with Crippen molar-refractivity contribution in [3.8, 4) is 0 Å². The van der Waals surface area contributed by atoms with Gasteiger partial charge in [-0.2, -0.15) is 0 Å². The highest BCUT2D eigenvalue weighted by Gasteiger charge is 2.26. The largest absolute Gasteiger partial charge is 0.331 e. The molecule has 2 amide bonds. The van der Waals surface area contributed by atoms with Crippen LogP contribution < -0.4 is 10.0 Å². The summed E-state index contributed by atoms with van der Waals surface area (Å²) in [7, 11) is -4.21. The number of hydrogen-bond acceptors (Lipinski definition) is 6. The van der Waals surface area contributed by atoms with E-state index in [9.17, 15) is 13.2 Å². The van der Waals surface area contributed by atoms with E-state index in [1.54, 1.807) is 10.7 Å². The summed E-state index contributed by atoms with van der Waals surface area (Å²) in [5.74, 6) is -0.600. The van der Waals surface area contributed by atoms with Gasteiger partial charge in [-0.1, -0.05) is 46.1 Å². The van der Waals surface area contributed by atoms with Gasteiger partial charge in [-0.05, 0) is 49.1 Å². The molecule has 2 N–H and O–H groups in total. The van der Waals surface area contributed by atoms with Crippen molar-refractivity contribution < 1.29 is 17.6 Å². The second-order valence-electron chi connectivity index (χ2n) is 7.82. The molecule has 1 aliphatic heterocycles. The Balaban J connectivity index is 1.50. The predicted molar refractivity (Wildman–Crippen MR) is 134 cm³/mol. The van der Waals surface area contributed by atoms with Gasteiger partial charge in [0.2, 0.25) is 0 Å². The van der Waals surface area contributed by atoms with Crippen molar-refractivity contribution in [3.63, 3.8) is 0 Å². The van der Waals surface area contributed by atoms with Crippen molar-refractivity contribution in [2.45, 2.75) is 36.9 Å². The van der Waals surface area contributed by atoms with Crippen LogP contribution in [0.5, 0.6) is 0 Å². The minimum atomic E-state index is -4.21. The van der Waals surface area contributed by atoms with Gasteiger partial charge in [0.1, 0.15) is 14.4 Å². The molecule has 8 nitrogen and oxygen atoms in total. The van der Waals surface area contributed by atoms with Crippen LogP contribution in [0.25, 0.3) is 5.57 Å². The number of carbonyl (C=O) groups excluding carboxylic acids is 1. The monoisotopic (exact) mass is 577 g/mol. The summed E-state index contributed by atoms with van der Waals surface area (Å²) in [5.41, 5.74) is 3.52. The van der Waals surface area contributed by atoms with E-state index in [4.69, 9.17) is 34.8 Å². The molecule has 0 saturated carbocycles. The number of thiophene rings is 1. The number of halogens is 4. The maximum absolute atomic E-state index is 15.2. The fourth-order valence-corrected chi connectivity index (χ4v) is 6.75. The van der Waals surface area contributed by atoms with Crippen LogP contribution in [0.2, 0.25) is 14.4 Å². The van der Waals surface area contributed by atoms with Gasteiger partial charge in [0.05, 0.1) is 23.0 Å². The lowest BCUT2D eigenvalue weighted by Gasteiger charge is -2.19. The van der Waals surface area contributed by atoms with Crippen LogP contribution in [0.4, 0.5) is 9.18 Å². The standard InChI is InChI=1S/C21H19Cl3FN5O3S2/c1-11-7-13(22)5-4-12(11)8-17-19-14(3-2-6-30(19)29-27-17)16(25)10-26-21(31)28-35(32,33)18-9-15(23)20(24)34-18/h4-5,7,9H,2-3,6,8,10H2,1H3,(H2,26,28,31). The number of aryl methyl sites for hydroxylation is 2. The summed E-state index contributed by atoms with van der Waals surface area (Å²) >= 11 is 18.3. The van der Waals surface area contributed by atoms with Crippen LogP contribution in [-0.2, 0) is 23.0 Å². The zero-order valence-electron chi connectivity index (χ0n) is 18.2. The number of allylic oxidation sites excluding steroid dienone is 1. The third kappa shape index (κ3) is 5.80. The summed E-state index contributed by atoms with van der Waals surface area (Å²) in [5, 5.41) is 11.3. The van der Waals surface area contributed by atoms with E-state index >= 15 is 4.39 Å². The van der Waals surface area contributed by atoms with Crippen molar-refractivity contribution in [2.24, 2.45) is 0 Å². The Morgan fingerprint density at radius 1 is 1.26 bits per heavy atom. The normalized spacial score (nSPS) is 15.0. The fourth-order valence-electron chi connectivity index (χ4n) is 3.71. The van der Waals surface area contributed by atoms with E-state index in [0.717, 1.165) is 17.2 Å². The number of carbonyl (C=O) groups is 1. The topological polar surface area (TPSA) is 106 Å². The van der Waals surface area contributed by atoms with Crippen molar-refractivity contribution in [1.29, 1.82) is 0 Å². The molecule has 0 atom stereocenters. The van der Waals surface area contributed by atoms with E-state index < -0.39 is 28.4 Å². The molecule has 35 heavy (non-hydrogen) atoms. The molecule has 14 heteroatoms. The van der Waals surface area contributed by atoms with Crippen molar-refractivity contribution in [3.05, 3.63) is 67.0 Å². The highest BCUT2D eigenvalue weighted by atomic mass is 35.5. The van der Waals surface area contributed by atoms with E-state index in [1.807, 2.05) is 23.8 Å². The first-order chi connectivity index (χ1) is 16.5. The van der Waals surface area contributed by atoms with Gasteiger partial charge >= 0.3 is 6.03 Å². The summed E-state index contributed by atoms with van der Waals surface area (Å²) in [6, 6.07) is 5.57. The number of fused-ring (bicyclic) bond motifs is 1. The first kappa shape index (κ1) is 25.9. The van der Waals surface area contributed by atoms with Crippen molar-refractivity contribution in [2.75, 3.05) is 6.54 Å². The Morgan fingerprint density at radius 3 is 2.71 bits per heavy atom. The Hall–Kier alpha value is -2.18. The van der Waals surface area contributed by atoms with Gasteiger partial charge in [0.15, 0.2) is 0 Å². The van der Waals surface area contributed by atoms with E-state index in [0.29, 0.717) is 59.1 Å². The quantitative estimate of drug-likeness (QED) is 0.410. The average Bonchev–Trinajstić information content (AvgIpc) is 3.37. The number of nitrogens with zero attached hydrogens (tertiary/aromatic N) is 3. The van der Waals surface area contributed by atoms with Gasteiger partial charge in [0.25, 0.3) is 10.0 Å². The van der Waals surface area contributed by atoms with Gasteiger partial charge in [0, 0.05) is 23.6 Å². The third-order valence-corrected chi connectivity index (χ3v) is 9.30. The maximum atomic E-state index is 15.2. The van der Waals surface area contributed by atoms with E-state index in [1.165, 1.54) is 0 Å². The maximum Gasteiger partial charge on any atom is 0.329 e. The molecule has 1 aromatic carbocycles. The minimum absolute atomic E-state index is 0.0559. The van der Waals surface area contributed by atoms with E-state index in [2.05, 4.69) is 15.6 Å². The molecule has 0 fully saturated rings. The average molecular weight is 579 g/mol. The first-order valence-corrected chi connectivity index (χ1v) is 13.8. The predicted octanol–water partition coefficient (Wildman–Crippen LogP) is 5.36. The molecule has 2 aromatic heterocycles. The lowest BCUT2D eigenvalue weighted by atomic mass is 9.96. The number of amides is 2. The zero-order chi connectivity index (χ0) is 25.3. The third-order valence-electron chi connectivity index (χ3n) is 5.40. The zero-order valence-corrected chi connectivity index (χ0v) is 22.1. The number of urea groups is 1. The Bertz CT molecular complexity index is 1420. The van der Waals surface area contributed by atoms with Crippen LogP contribution in [0.15, 0.2) is 34.3 Å². The van der Waals surface area contributed by atoms with Crippen molar-refractivity contribution in [1.82, 2.24) is 25.0 Å². The first-order valence-electron chi connectivity index (χ1n) is 10.4. The highest BCUT2D eigenvalue weighted by Crippen LogP contribution is 2.34. The number of aromatic nitrogens is 3. The van der Waals surface area contributed by atoms with Gasteiger partial charge < -0.3 is 5.32 Å². The summed E-state index contributed by atoms with van der Waals surface area (Å²) < 4.78 is 43.2. The smallest absolute Gasteiger partial charge is 0.329 e. The lowest BCUT2D eigenvalue weighted by Crippen LogP contribution is -2.39. The second kappa shape index (κ2) is 10.4. The number of rotatable bonds is 6. The Labute approximate surface area is 220 Å². The Morgan fingerprint density at radius 2 is 2.03 bits per heavy atom. The summed E-state index contributed by atoms with van der Waals surface area (Å²) in [6.07, 6.45) is 1.52. The number of sulfonamides is 1. The van der Waals surface area contributed by atoms with Crippen LogP contribution >= 0.6 is 46.1 Å². The molecular weight excluding hydrogens is 560 g/mol. The fraction of sp³-hybridized carbons (Fsp3) is 0.286. The summed E-state index contributed by atoms with van der Waals surface area (Å²) in [4.78, 5) is 12.2. The molecule has 186 valence electrons. The minimum Gasteiger partial charge on any atom is -0.331 e. The molecular formula is C21H19Cl3FN5O3S2. The molecule has 0 radical (unpaired) electrons. The molecule has 3 aromatic rings. The summed E-state index contributed by atoms with van der Waals surface area (Å²) in [6.45, 7) is 2.02. The number of benzene rings is 1. The lowest BCUT2D eigenvalue weighted by molar-refractivity contribution is 0.246. The molecule has 0 saturated heterocycles. The van der Waals surface area contributed by atoms with Crippen LogP contribution in [0.3, 0.4) is 0 Å². The number of nitrogens with one attached hydrogen (secondary N) is 2. The van der Waals surface area contributed by atoms with Gasteiger partial charge in [-0.15, -0.1) is 16.4 Å². The van der Waals surface area contributed by atoms with Crippen molar-refractivity contribution >= 4 is 67.8 Å². The second-order valence-corrected chi connectivity index (χ2v) is 12.2. The van der Waals surface area contributed by atoms with Crippen LogP contribution in [0.1, 0.15) is 35.4 Å². The molecule has 3 heterocycles.